The van der Waals surface area contributed by atoms with E-state index in [0.717, 1.165) is 0 Å². The topological polar surface area (TPSA) is 128 Å². The van der Waals surface area contributed by atoms with Gasteiger partial charge in [-0.2, -0.15) is 5.26 Å². The van der Waals surface area contributed by atoms with Crippen LogP contribution in [0.1, 0.15) is 30.7 Å². The molecule has 0 aromatic heterocycles. The van der Waals surface area contributed by atoms with E-state index in [1.807, 2.05) is 0 Å². The van der Waals surface area contributed by atoms with Gasteiger partial charge in [-0.1, -0.05) is 23.7 Å². The van der Waals surface area contributed by atoms with E-state index in [-0.39, 0.29) is 33.7 Å². The van der Waals surface area contributed by atoms with Crippen molar-refractivity contribution in [3.8, 4) is 17.6 Å². The van der Waals surface area contributed by atoms with E-state index >= 15 is 0 Å². The van der Waals surface area contributed by atoms with Gasteiger partial charge in [0.25, 0.3) is 5.69 Å². The summed E-state index contributed by atoms with van der Waals surface area (Å²) in [6.45, 7) is 0. The lowest BCUT2D eigenvalue weighted by Crippen LogP contribution is -2.27. The van der Waals surface area contributed by atoms with Crippen LogP contribution >= 0.6 is 11.6 Å². The summed E-state index contributed by atoms with van der Waals surface area (Å²) in [5.74, 6) is 0.587. The Kier molecular flexibility index (Phi) is 5.36. The molecule has 0 unspecified atom stereocenters. The first-order valence-corrected chi connectivity index (χ1v) is 9.82. The van der Waals surface area contributed by atoms with Crippen LogP contribution in [0.5, 0.6) is 11.5 Å². The minimum atomic E-state index is -0.599. The van der Waals surface area contributed by atoms with Gasteiger partial charge < -0.3 is 15.2 Å². The Labute approximate surface area is 182 Å². The summed E-state index contributed by atoms with van der Waals surface area (Å²) in [6.07, 6.45) is 1.68. The molecule has 1 aliphatic heterocycles. The third-order valence-corrected chi connectivity index (χ3v) is 5.47. The van der Waals surface area contributed by atoms with Crippen molar-refractivity contribution in [2.24, 2.45) is 5.73 Å². The Hall–Kier alpha value is -3.83. The number of benzene rings is 2. The number of Topliss-reactive ketones (excluding diaryl/α,β-unsaturated/α-hetero) is 1. The second-order valence-electron chi connectivity index (χ2n) is 7.08. The van der Waals surface area contributed by atoms with Crippen LogP contribution in [-0.2, 0) is 9.53 Å². The second-order valence-corrected chi connectivity index (χ2v) is 7.49. The van der Waals surface area contributed by atoms with Gasteiger partial charge in [-0.05, 0) is 30.2 Å². The molecule has 1 aliphatic carbocycles. The molecule has 0 radical (unpaired) electrons. The SMILES string of the molecule is N#CC1=C(N)OC2=C(C(=O)CCC2)[C@@H]1c1ccc(Oc2ccc([N+](=O)[O-])cc2Cl)cc1. The normalized spacial score (nSPS) is 18.2. The van der Waals surface area contributed by atoms with Crippen molar-refractivity contribution in [3.63, 3.8) is 0 Å². The number of nitro groups is 1. The zero-order chi connectivity index (χ0) is 22.1. The predicted octanol–water partition coefficient (Wildman–Crippen LogP) is 4.86. The fraction of sp³-hybridized carbons (Fsp3) is 0.182. The third kappa shape index (κ3) is 3.83. The first-order valence-electron chi connectivity index (χ1n) is 9.44. The van der Waals surface area contributed by atoms with Crippen molar-refractivity contribution in [1.82, 2.24) is 0 Å². The molecule has 2 aliphatic rings. The zero-order valence-electron chi connectivity index (χ0n) is 16.1. The molecule has 31 heavy (non-hydrogen) atoms. The molecule has 2 N–H and O–H groups in total. The number of non-ortho nitro benzene ring substituents is 1. The van der Waals surface area contributed by atoms with Crippen LogP contribution in [0, 0.1) is 21.4 Å². The number of nitriles is 1. The Balaban J connectivity index is 1.65. The first kappa shape index (κ1) is 20.4. The molecule has 9 heteroatoms. The minimum absolute atomic E-state index is 0.0129. The molecule has 0 bridgehead atoms. The summed E-state index contributed by atoms with van der Waals surface area (Å²) in [5, 5.41) is 20.6. The first-order chi connectivity index (χ1) is 14.9. The molecule has 156 valence electrons. The van der Waals surface area contributed by atoms with Crippen LogP contribution in [0.4, 0.5) is 5.69 Å². The summed E-state index contributed by atoms with van der Waals surface area (Å²) in [7, 11) is 0. The van der Waals surface area contributed by atoms with E-state index in [9.17, 15) is 20.2 Å². The quantitative estimate of drug-likeness (QED) is 0.534. The van der Waals surface area contributed by atoms with Gasteiger partial charge in [-0.25, -0.2) is 0 Å². The number of ketones is 1. The van der Waals surface area contributed by atoms with Gasteiger partial charge in [0.1, 0.15) is 28.9 Å². The lowest BCUT2D eigenvalue weighted by Gasteiger charge is -2.31. The highest BCUT2D eigenvalue weighted by atomic mass is 35.5. The van der Waals surface area contributed by atoms with E-state index < -0.39 is 10.8 Å². The number of rotatable bonds is 4. The number of carbonyl (C=O) groups is 1. The third-order valence-electron chi connectivity index (χ3n) is 5.17. The summed E-state index contributed by atoms with van der Waals surface area (Å²) >= 11 is 6.08. The Morgan fingerprint density at radius 1 is 1.23 bits per heavy atom. The van der Waals surface area contributed by atoms with E-state index in [4.69, 9.17) is 26.8 Å². The lowest BCUT2D eigenvalue weighted by atomic mass is 9.77. The second kappa shape index (κ2) is 8.13. The van der Waals surface area contributed by atoms with Crippen molar-refractivity contribution in [2.45, 2.75) is 25.2 Å². The Bertz CT molecular complexity index is 1190. The van der Waals surface area contributed by atoms with Crippen molar-refractivity contribution in [1.29, 1.82) is 5.26 Å². The van der Waals surface area contributed by atoms with Crippen molar-refractivity contribution >= 4 is 23.1 Å². The van der Waals surface area contributed by atoms with Gasteiger partial charge in [-0.3, -0.25) is 14.9 Å². The smallest absolute Gasteiger partial charge is 0.271 e. The van der Waals surface area contributed by atoms with Crippen LogP contribution in [-0.4, -0.2) is 10.7 Å². The number of nitro benzene ring substituents is 1. The molecule has 1 atom stereocenters. The zero-order valence-corrected chi connectivity index (χ0v) is 16.9. The van der Waals surface area contributed by atoms with Gasteiger partial charge in [-0.15, -0.1) is 0 Å². The number of nitrogens with zero attached hydrogens (tertiary/aromatic N) is 2. The number of halogens is 1. The van der Waals surface area contributed by atoms with E-state index in [0.29, 0.717) is 41.9 Å². The molecule has 0 saturated heterocycles. The van der Waals surface area contributed by atoms with Crippen LogP contribution in [0.25, 0.3) is 0 Å². The van der Waals surface area contributed by atoms with Gasteiger partial charge in [0.2, 0.25) is 5.88 Å². The molecule has 8 nitrogen and oxygen atoms in total. The Morgan fingerprint density at radius 2 is 1.97 bits per heavy atom. The monoisotopic (exact) mass is 437 g/mol. The fourth-order valence-electron chi connectivity index (χ4n) is 3.73. The summed E-state index contributed by atoms with van der Waals surface area (Å²) < 4.78 is 11.3. The molecule has 0 fully saturated rings. The van der Waals surface area contributed by atoms with E-state index in [1.165, 1.54) is 18.2 Å². The van der Waals surface area contributed by atoms with Crippen LogP contribution < -0.4 is 10.5 Å². The highest BCUT2D eigenvalue weighted by Gasteiger charge is 2.37. The number of ether oxygens (including phenoxy) is 2. The minimum Gasteiger partial charge on any atom is -0.456 e. The highest BCUT2D eigenvalue weighted by Crippen LogP contribution is 2.43. The van der Waals surface area contributed by atoms with E-state index in [2.05, 4.69) is 6.07 Å². The van der Waals surface area contributed by atoms with Gasteiger partial charge in [0.15, 0.2) is 5.78 Å². The maximum atomic E-state index is 12.6. The van der Waals surface area contributed by atoms with Crippen molar-refractivity contribution in [2.75, 3.05) is 0 Å². The molecular formula is C22H16ClN3O5. The van der Waals surface area contributed by atoms with Gasteiger partial charge >= 0.3 is 0 Å². The van der Waals surface area contributed by atoms with Crippen molar-refractivity contribution in [3.05, 3.63) is 86.0 Å². The standard InChI is InChI=1S/C22H16ClN3O5/c23-16-10-13(26(28)29)6-9-18(16)30-14-7-4-12(5-8-14)20-15(11-24)22(25)31-19-3-1-2-17(27)21(19)20/h4-10,20H,1-3,25H2/t20-/m1/s1. The average Bonchev–Trinajstić information content (AvgIpc) is 2.75. The number of nitrogens with two attached hydrogens (primary N) is 1. The molecular weight excluding hydrogens is 422 g/mol. The summed E-state index contributed by atoms with van der Waals surface area (Å²) in [5.41, 5.74) is 7.19. The van der Waals surface area contributed by atoms with Gasteiger partial charge in [0, 0.05) is 30.5 Å². The van der Waals surface area contributed by atoms with E-state index in [1.54, 1.807) is 24.3 Å². The molecule has 4 rings (SSSR count). The van der Waals surface area contributed by atoms with Crippen LogP contribution in [0.3, 0.4) is 0 Å². The molecule has 0 spiro atoms. The molecule has 2 aromatic rings. The largest absolute Gasteiger partial charge is 0.456 e. The van der Waals surface area contributed by atoms with Crippen molar-refractivity contribution < 1.29 is 19.2 Å². The van der Waals surface area contributed by atoms with Crippen LogP contribution in [0.2, 0.25) is 5.02 Å². The summed E-state index contributed by atoms with van der Waals surface area (Å²) in [6, 6.07) is 12.8. The maximum Gasteiger partial charge on any atom is 0.271 e. The van der Waals surface area contributed by atoms with Crippen LogP contribution in [0.15, 0.2) is 65.3 Å². The molecule has 0 amide bonds. The summed E-state index contributed by atoms with van der Waals surface area (Å²) in [4.78, 5) is 22.9. The lowest BCUT2D eigenvalue weighted by molar-refractivity contribution is -0.384. The average molecular weight is 438 g/mol. The van der Waals surface area contributed by atoms with Gasteiger partial charge in [0.05, 0.1) is 15.9 Å². The molecule has 2 aromatic carbocycles. The highest BCUT2D eigenvalue weighted by molar-refractivity contribution is 6.32. The fourth-order valence-corrected chi connectivity index (χ4v) is 3.94. The molecule has 1 heterocycles. The number of carbonyl (C=O) groups excluding carboxylic acids is 1. The Morgan fingerprint density at radius 3 is 2.61 bits per heavy atom. The number of hydrogen-bond donors (Lipinski definition) is 1. The maximum absolute atomic E-state index is 12.6. The number of allylic oxidation sites excluding steroid dienone is 3. The number of hydrogen-bond acceptors (Lipinski definition) is 7. The molecule has 0 saturated carbocycles. The predicted molar refractivity (Wildman–Crippen MR) is 111 cm³/mol.